The monoisotopic (exact) mass is 503 g/mol. The second kappa shape index (κ2) is 9.68. The molecule has 3 aromatic carbocycles. The maximum Gasteiger partial charge on any atom is 0.333 e. The molecule has 0 saturated heterocycles. The minimum Gasteiger partial charge on any atom is -0.478 e. The summed E-state index contributed by atoms with van der Waals surface area (Å²) in [5, 5.41) is 10.1. The van der Waals surface area contributed by atoms with Gasteiger partial charge in [-0.05, 0) is 54.5 Å². The molecule has 4 rings (SSSR count). The Labute approximate surface area is 214 Å². The second-order valence-electron chi connectivity index (χ2n) is 10.5. The van der Waals surface area contributed by atoms with E-state index in [4.69, 9.17) is 0 Å². The number of carbonyl (C=O) groups is 1. The van der Waals surface area contributed by atoms with Crippen LogP contribution in [0.5, 0.6) is 0 Å². The van der Waals surface area contributed by atoms with Crippen molar-refractivity contribution in [3.05, 3.63) is 112 Å². The normalized spacial score (nSPS) is 19.1. The van der Waals surface area contributed by atoms with Crippen molar-refractivity contribution in [2.45, 2.75) is 63.4 Å². The third kappa shape index (κ3) is 5.01. The number of hydrogen-bond donors (Lipinski definition) is 1. The van der Waals surface area contributed by atoms with E-state index >= 15 is 0 Å². The van der Waals surface area contributed by atoms with Crippen molar-refractivity contribution in [3.63, 3.8) is 0 Å². The molecule has 3 aromatic rings. The van der Waals surface area contributed by atoms with Gasteiger partial charge in [0.2, 0.25) is 10.0 Å². The molecule has 0 spiro atoms. The van der Waals surface area contributed by atoms with Crippen LogP contribution in [0.4, 0.5) is 0 Å². The largest absolute Gasteiger partial charge is 0.478 e. The highest BCUT2D eigenvalue weighted by Gasteiger charge is 2.44. The lowest BCUT2D eigenvalue weighted by Gasteiger charge is -2.40. The maximum absolute atomic E-state index is 14.2. The van der Waals surface area contributed by atoms with Gasteiger partial charge in [-0.25, -0.2) is 13.2 Å². The first-order valence-electron chi connectivity index (χ1n) is 12.1. The highest BCUT2D eigenvalue weighted by atomic mass is 32.2. The third-order valence-electron chi connectivity index (χ3n) is 6.82. The van der Waals surface area contributed by atoms with Crippen molar-refractivity contribution in [3.8, 4) is 0 Å². The van der Waals surface area contributed by atoms with Crippen molar-refractivity contribution < 1.29 is 18.3 Å². The molecule has 0 aliphatic carbocycles. The summed E-state index contributed by atoms with van der Waals surface area (Å²) in [5.41, 5.74) is 4.54. The molecule has 0 unspecified atom stereocenters. The number of sulfonamides is 1. The third-order valence-corrected chi connectivity index (χ3v) is 8.70. The first kappa shape index (κ1) is 25.9. The number of rotatable bonds is 5. The summed E-state index contributed by atoms with van der Waals surface area (Å²) < 4.78 is 29.9. The number of carboxylic acid groups (broad SMARTS) is 1. The van der Waals surface area contributed by atoms with Crippen LogP contribution in [0, 0.1) is 13.8 Å². The van der Waals surface area contributed by atoms with Gasteiger partial charge >= 0.3 is 5.97 Å². The number of nitrogens with zero attached hydrogens (tertiary/aromatic N) is 1. The highest BCUT2D eigenvalue weighted by molar-refractivity contribution is 7.89. The van der Waals surface area contributed by atoms with Crippen LogP contribution in [0.2, 0.25) is 0 Å². The van der Waals surface area contributed by atoms with E-state index in [1.807, 2.05) is 62.4 Å². The Balaban J connectivity index is 1.94. The number of carboxylic acids is 1. The van der Waals surface area contributed by atoms with Crippen LogP contribution in [-0.2, 0) is 20.2 Å². The molecule has 1 aliphatic rings. The van der Waals surface area contributed by atoms with Gasteiger partial charge in [0.25, 0.3) is 0 Å². The smallest absolute Gasteiger partial charge is 0.333 e. The van der Waals surface area contributed by atoms with Crippen LogP contribution in [0.3, 0.4) is 0 Å². The molecule has 5 nitrogen and oxygen atoms in total. The molecule has 36 heavy (non-hydrogen) atoms. The van der Waals surface area contributed by atoms with Crippen molar-refractivity contribution in [1.82, 2.24) is 4.31 Å². The van der Waals surface area contributed by atoms with E-state index < -0.39 is 28.1 Å². The van der Waals surface area contributed by atoms with Crippen molar-refractivity contribution >= 4 is 16.0 Å². The number of benzene rings is 3. The van der Waals surface area contributed by atoms with E-state index in [1.54, 1.807) is 30.3 Å². The van der Waals surface area contributed by atoms with Gasteiger partial charge in [-0.2, -0.15) is 4.31 Å². The van der Waals surface area contributed by atoms with E-state index in [2.05, 4.69) is 20.8 Å². The van der Waals surface area contributed by atoms with E-state index in [0.717, 1.165) is 22.3 Å². The SMILES string of the molecule is Cc1ccc([C@@H]2CC=C(C(=O)O)[C@H](c3ccc(C(C)(C)C)cc3)N2S(=O)(=O)c2ccc(C)cc2)cc1. The summed E-state index contributed by atoms with van der Waals surface area (Å²) >= 11 is 0. The summed E-state index contributed by atoms with van der Waals surface area (Å²) in [4.78, 5) is 12.6. The zero-order valence-corrected chi connectivity index (χ0v) is 22.2. The Hall–Kier alpha value is -3.22. The molecule has 1 heterocycles. The molecule has 2 atom stereocenters. The Morgan fingerprint density at radius 1 is 0.833 bits per heavy atom. The quantitative estimate of drug-likeness (QED) is 0.432. The Bertz CT molecular complexity index is 1380. The lowest BCUT2D eigenvalue weighted by molar-refractivity contribution is -0.133. The van der Waals surface area contributed by atoms with Gasteiger partial charge < -0.3 is 5.11 Å². The fourth-order valence-corrected chi connectivity index (χ4v) is 6.46. The van der Waals surface area contributed by atoms with Gasteiger partial charge in [0, 0.05) is 0 Å². The summed E-state index contributed by atoms with van der Waals surface area (Å²) in [6.45, 7) is 10.2. The Morgan fingerprint density at radius 2 is 1.33 bits per heavy atom. The Kier molecular flexibility index (Phi) is 6.95. The predicted octanol–water partition coefficient (Wildman–Crippen LogP) is 6.49. The molecule has 0 bridgehead atoms. The van der Waals surface area contributed by atoms with E-state index in [0.29, 0.717) is 5.56 Å². The standard InChI is InChI=1S/C30H33NO4S/c1-20-6-10-22(11-7-20)27-19-18-26(29(32)33)28(23-12-14-24(15-13-23)30(3,4)5)31(27)36(34,35)25-16-8-21(2)9-17-25/h6-18,27-28H,19H2,1-5H3,(H,32,33)/t27-,28-/m0/s1. The maximum atomic E-state index is 14.2. The average molecular weight is 504 g/mol. The number of aliphatic carboxylic acids is 1. The molecule has 1 aliphatic heterocycles. The molecule has 0 radical (unpaired) electrons. The molecule has 0 amide bonds. The van der Waals surface area contributed by atoms with Gasteiger partial charge in [0.1, 0.15) is 0 Å². The second-order valence-corrected chi connectivity index (χ2v) is 12.4. The van der Waals surface area contributed by atoms with Crippen LogP contribution in [-0.4, -0.2) is 23.8 Å². The zero-order chi connectivity index (χ0) is 26.3. The molecule has 0 fully saturated rings. The van der Waals surface area contributed by atoms with Crippen molar-refractivity contribution in [1.29, 1.82) is 0 Å². The van der Waals surface area contributed by atoms with Gasteiger partial charge in [0.05, 0.1) is 22.6 Å². The average Bonchev–Trinajstić information content (AvgIpc) is 2.83. The lowest BCUT2D eigenvalue weighted by atomic mass is 9.84. The van der Waals surface area contributed by atoms with E-state index in [1.165, 1.54) is 4.31 Å². The minimum absolute atomic E-state index is 0.0672. The molecule has 188 valence electrons. The predicted molar refractivity (Wildman–Crippen MR) is 142 cm³/mol. The molecule has 0 saturated carbocycles. The molecule has 1 N–H and O–H groups in total. The van der Waals surface area contributed by atoms with Crippen LogP contribution in [0.1, 0.15) is 67.1 Å². The summed E-state index contributed by atoms with van der Waals surface area (Å²) in [6, 6.07) is 20.6. The fraction of sp³-hybridized carbons (Fsp3) is 0.300. The summed E-state index contributed by atoms with van der Waals surface area (Å²) in [5.74, 6) is -1.12. The van der Waals surface area contributed by atoms with E-state index in [-0.39, 0.29) is 22.3 Å². The first-order chi connectivity index (χ1) is 16.9. The van der Waals surface area contributed by atoms with Crippen LogP contribution < -0.4 is 0 Å². The summed E-state index contributed by atoms with van der Waals surface area (Å²) in [6.07, 6.45) is 1.95. The molecular weight excluding hydrogens is 470 g/mol. The fourth-order valence-electron chi connectivity index (χ4n) is 4.68. The van der Waals surface area contributed by atoms with Gasteiger partial charge in [-0.15, -0.1) is 0 Å². The van der Waals surface area contributed by atoms with Crippen molar-refractivity contribution in [2.75, 3.05) is 0 Å². The van der Waals surface area contributed by atoms with Crippen molar-refractivity contribution in [2.24, 2.45) is 0 Å². The van der Waals surface area contributed by atoms with Gasteiger partial charge in [-0.1, -0.05) is 98.6 Å². The van der Waals surface area contributed by atoms with Crippen LogP contribution in [0.15, 0.2) is 89.3 Å². The zero-order valence-electron chi connectivity index (χ0n) is 21.4. The lowest BCUT2D eigenvalue weighted by Crippen LogP contribution is -2.42. The minimum atomic E-state index is -4.06. The first-order valence-corrected chi connectivity index (χ1v) is 13.5. The van der Waals surface area contributed by atoms with Gasteiger partial charge in [0.15, 0.2) is 0 Å². The van der Waals surface area contributed by atoms with Crippen LogP contribution in [0.25, 0.3) is 0 Å². The number of aryl methyl sites for hydroxylation is 2. The Morgan fingerprint density at radius 3 is 1.83 bits per heavy atom. The summed E-state index contributed by atoms with van der Waals surface area (Å²) in [7, 11) is -4.06. The van der Waals surface area contributed by atoms with Gasteiger partial charge in [-0.3, -0.25) is 0 Å². The number of hydrogen-bond acceptors (Lipinski definition) is 3. The molecule has 6 heteroatoms. The van der Waals surface area contributed by atoms with Crippen LogP contribution >= 0.6 is 0 Å². The molecular formula is C30H33NO4S. The highest BCUT2D eigenvalue weighted by Crippen LogP contribution is 2.46. The molecule has 0 aromatic heterocycles. The van der Waals surface area contributed by atoms with E-state index in [9.17, 15) is 18.3 Å². The topological polar surface area (TPSA) is 74.7 Å².